The molecule has 2 aromatic heterocycles. The van der Waals surface area contributed by atoms with Crippen LogP contribution in [0.2, 0.25) is 0 Å². The molecule has 0 spiro atoms. The van der Waals surface area contributed by atoms with Gasteiger partial charge in [0.1, 0.15) is 0 Å². The van der Waals surface area contributed by atoms with Crippen molar-refractivity contribution in [2.45, 2.75) is 27.7 Å². The molecule has 0 aliphatic rings. The highest BCUT2D eigenvalue weighted by atomic mass is 14.8. The van der Waals surface area contributed by atoms with Gasteiger partial charge in [-0.25, -0.2) is 0 Å². The van der Waals surface area contributed by atoms with Crippen LogP contribution in [0.1, 0.15) is 25.0 Å². The number of rotatable bonds is 0. The molecule has 0 saturated heterocycles. The summed E-state index contributed by atoms with van der Waals surface area (Å²) in [4.78, 5) is 0. The lowest BCUT2D eigenvalue weighted by Crippen LogP contribution is -1.82. The van der Waals surface area contributed by atoms with Crippen LogP contribution in [0.25, 0.3) is 5.52 Å². The molecule has 0 aromatic carbocycles. The minimum absolute atomic E-state index is 1.30. The molecule has 70 valence electrons. The summed E-state index contributed by atoms with van der Waals surface area (Å²) >= 11 is 0. The maximum atomic E-state index is 2.16. The normalized spacial score (nSPS) is 9.54. The molecule has 2 rings (SSSR count). The van der Waals surface area contributed by atoms with Crippen LogP contribution in [0.3, 0.4) is 0 Å². The van der Waals surface area contributed by atoms with Crippen molar-refractivity contribution in [3.63, 3.8) is 0 Å². The van der Waals surface area contributed by atoms with Crippen molar-refractivity contribution in [2.24, 2.45) is 0 Å². The highest BCUT2D eigenvalue weighted by Crippen LogP contribution is 2.11. The summed E-state index contributed by atoms with van der Waals surface area (Å²) in [6.07, 6.45) is 4.24. The largest absolute Gasteiger partial charge is 0.323 e. The maximum absolute atomic E-state index is 2.16. The Morgan fingerprint density at radius 3 is 2.38 bits per heavy atom. The van der Waals surface area contributed by atoms with E-state index in [4.69, 9.17) is 0 Å². The molecule has 0 saturated carbocycles. The Kier molecular flexibility index (Phi) is 3.13. The third kappa shape index (κ3) is 1.92. The van der Waals surface area contributed by atoms with Crippen molar-refractivity contribution in [2.75, 3.05) is 0 Å². The van der Waals surface area contributed by atoms with Gasteiger partial charge >= 0.3 is 0 Å². The summed E-state index contributed by atoms with van der Waals surface area (Å²) in [5, 5.41) is 0. The first-order chi connectivity index (χ1) is 6.27. The first kappa shape index (κ1) is 9.85. The first-order valence-corrected chi connectivity index (χ1v) is 4.81. The molecule has 2 aromatic rings. The van der Waals surface area contributed by atoms with Crippen LogP contribution in [0.5, 0.6) is 0 Å². The Morgan fingerprint density at radius 2 is 1.69 bits per heavy atom. The smallest absolute Gasteiger partial charge is 0.0479 e. The van der Waals surface area contributed by atoms with E-state index in [1.165, 1.54) is 16.6 Å². The number of hydrogen-bond donors (Lipinski definition) is 0. The number of nitrogens with zero attached hydrogens (tertiary/aromatic N) is 1. The maximum Gasteiger partial charge on any atom is 0.0479 e. The van der Waals surface area contributed by atoms with Gasteiger partial charge in [-0.1, -0.05) is 19.9 Å². The van der Waals surface area contributed by atoms with Gasteiger partial charge in [-0.15, -0.1) is 0 Å². The average molecular weight is 175 g/mol. The van der Waals surface area contributed by atoms with Crippen molar-refractivity contribution in [1.82, 2.24) is 4.40 Å². The van der Waals surface area contributed by atoms with Crippen LogP contribution < -0.4 is 0 Å². The first-order valence-electron chi connectivity index (χ1n) is 4.81. The molecule has 13 heavy (non-hydrogen) atoms. The summed E-state index contributed by atoms with van der Waals surface area (Å²) in [5.41, 5.74) is 3.94. The molecule has 2 heterocycles. The van der Waals surface area contributed by atoms with E-state index in [0.717, 1.165) is 0 Å². The summed E-state index contributed by atoms with van der Waals surface area (Å²) < 4.78 is 2.16. The molecule has 0 radical (unpaired) electrons. The van der Waals surface area contributed by atoms with E-state index in [0.29, 0.717) is 0 Å². The van der Waals surface area contributed by atoms with Crippen molar-refractivity contribution >= 4 is 5.52 Å². The summed E-state index contributed by atoms with van der Waals surface area (Å²) in [6.45, 7) is 8.24. The molecule has 0 atom stereocenters. The second kappa shape index (κ2) is 4.13. The van der Waals surface area contributed by atoms with Gasteiger partial charge < -0.3 is 4.40 Å². The third-order valence-corrected chi connectivity index (χ3v) is 2.01. The van der Waals surface area contributed by atoms with Crippen LogP contribution in [-0.2, 0) is 0 Å². The number of aryl methyl sites for hydroxylation is 2. The lowest BCUT2D eigenvalue weighted by Gasteiger charge is -1.96. The third-order valence-electron chi connectivity index (χ3n) is 2.01. The van der Waals surface area contributed by atoms with Crippen molar-refractivity contribution in [3.05, 3.63) is 41.7 Å². The average Bonchev–Trinajstić information content (AvgIpc) is 2.51. The van der Waals surface area contributed by atoms with Gasteiger partial charge in [-0.2, -0.15) is 0 Å². The number of aromatic nitrogens is 1. The Hall–Kier alpha value is -1.24. The zero-order chi connectivity index (χ0) is 9.84. The van der Waals surface area contributed by atoms with Gasteiger partial charge in [-0.3, -0.25) is 0 Å². The van der Waals surface area contributed by atoms with E-state index in [2.05, 4.69) is 48.8 Å². The molecule has 0 aliphatic heterocycles. The van der Waals surface area contributed by atoms with Crippen LogP contribution >= 0.6 is 0 Å². The van der Waals surface area contributed by atoms with Crippen molar-refractivity contribution in [3.8, 4) is 0 Å². The van der Waals surface area contributed by atoms with E-state index in [-0.39, 0.29) is 0 Å². The molecule has 0 fully saturated rings. The van der Waals surface area contributed by atoms with E-state index in [1.54, 1.807) is 0 Å². The molecular formula is C12H17N. The number of hydrogen-bond acceptors (Lipinski definition) is 0. The molecule has 0 bridgehead atoms. The van der Waals surface area contributed by atoms with Gasteiger partial charge in [-0.05, 0) is 37.1 Å². The van der Waals surface area contributed by atoms with Crippen LogP contribution in [0, 0.1) is 13.8 Å². The van der Waals surface area contributed by atoms with Gasteiger partial charge in [0, 0.05) is 17.9 Å². The van der Waals surface area contributed by atoms with E-state index in [9.17, 15) is 0 Å². The van der Waals surface area contributed by atoms with Gasteiger partial charge in [0.25, 0.3) is 0 Å². The highest BCUT2D eigenvalue weighted by molar-refractivity contribution is 5.55. The molecule has 0 amide bonds. The zero-order valence-corrected chi connectivity index (χ0v) is 8.83. The summed E-state index contributed by atoms with van der Waals surface area (Å²) in [7, 11) is 0. The van der Waals surface area contributed by atoms with Crippen LogP contribution in [-0.4, -0.2) is 4.40 Å². The zero-order valence-electron chi connectivity index (χ0n) is 8.83. The molecule has 0 aliphatic carbocycles. The quantitative estimate of drug-likeness (QED) is 0.576. The predicted octanol–water partition coefficient (Wildman–Crippen LogP) is 3.58. The second-order valence-electron chi connectivity index (χ2n) is 3.00. The Morgan fingerprint density at radius 1 is 1.00 bits per heavy atom. The van der Waals surface area contributed by atoms with Gasteiger partial charge in [0.15, 0.2) is 0 Å². The highest BCUT2D eigenvalue weighted by Gasteiger charge is 1.95. The Balaban J connectivity index is 0.000000396. The fourth-order valence-electron chi connectivity index (χ4n) is 1.36. The van der Waals surface area contributed by atoms with Gasteiger partial charge in [0.2, 0.25) is 0 Å². The minimum atomic E-state index is 1.30. The summed E-state index contributed by atoms with van der Waals surface area (Å²) in [6, 6.07) is 6.43. The fraction of sp³-hybridized carbons (Fsp3) is 0.333. The topological polar surface area (TPSA) is 4.41 Å². The molecular weight excluding hydrogens is 158 g/mol. The second-order valence-corrected chi connectivity index (χ2v) is 3.00. The van der Waals surface area contributed by atoms with Crippen LogP contribution in [0.4, 0.5) is 0 Å². The summed E-state index contributed by atoms with van der Waals surface area (Å²) in [5.74, 6) is 0. The fourth-order valence-corrected chi connectivity index (χ4v) is 1.36. The van der Waals surface area contributed by atoms with Crippen LogP contribution in [0.15, 0.2) is 30.6 Å². The lowest BCUT2D eigenvalue weighted by molar-refractivity contribution is 1.16. The van der Waals surface area contributed by atoms with Crippen molar-refractivity contribution in [1.29, 1.82) is 0 Å². The molecule has 0 N–H and O–H groups in total. The SMILES string of the molecule is CC.Cc1ccc2c(C)ccn2c1. The monoisotopic (exact) mass is 175 g/mol. The Labute approximate surface area is 80.0 Å². The predicted molar refractivity (Wildman–Crippen MR) is 58.2 cm³/mol. The number of fused-ring (bicyclic) bond motifs is 1. The lowest BCUT2D eigenvalue weighted by atomic mass is 10.2. The van der Waals surface area contributed by atoms with Crippen molar-refractivity contribution < 1.29 is 0 Å². The molecule has 1 nitrogen and oxygen atoms in total. The van der Waals surface area contributed by atoms with E-state index in [1.807, 2.05) is 13.8 Å². The Bertz CT molecular complexity index is 385. The van der Waals surface area contributed by atoms with E-state index < -0.39 is 0 Å². The number of pyridine rings is 1. The van der Waals surface area contributed by atoms with Gasteiger partial charge in [0.05, 0.1) is 0 Å². The molecule has 1 heteroatoms. The van der Waals surface area contributed by atoms with E-state index >= 15 is 0 Å². The minimum Gasteiger partial charge on any atom is -0.323 e. The standard InChI is InChI=1S/C10H11N.C2H6/c1-8-3-4-10-9(2)5-6-11(10)7-8;1-2/h3-7H,1-2H3;1-2H3. The molecule has 0 unspecified atom stereocenters.